The molecule has 2 aromatic heterocycles. The lowest BCUT2D eigenvalue weighted by atomic mass is 10.0. The maximum Gasteiger partial charge on any atom is 0.137 e. The van der Waals surface area contributed by atoms with E-state index in [1.54, 1.807) is 0 Å². The molecule has 90 valence electrons. The second-order valence-corrected chi connectivity index (χ2v) is 4.54. The fraction of sp³-hybridized carbons (Fsp3) is 0.357. The van der Waals surface area contributed by atoms with Crippen LogP contribution in [0.15, 0.2) is 36.2 Å². The average Bonchev–Trinajstić information content (AvgIpc) is 2.70. The maximum atomic E-state index is 4.58. The van der Waals surface area contributed by atoms with E-state index in [2.05, 4.69) is 36.4 Å². The zero-order valence-corrected chi connectivity index (χ0v) is 10.6. The third-order valence-corrected chi connectivity index (χ3v) is 2.84. The minimum atomic E-state index is 0.535. The molecule has 0 bridgehead atoms. The Bertz CT molecular complexity index is 490. The molecule has 0 unspecified atom stereocenters. The number of nitrogens with one attached hydrogen (secondary N) is 1. The lowest BCUT2D eigenvalue weighted by Crippen LogP contribution is -2.13. The van der Waals surface area contributed by atoms with Crippen LogP contribution in [-0.4, -0.2) is 23.0 Å². The van der Waals surface area contributed by atoms with Crippen molar-refractivity contribution in [1.82, 2.24) is 14.7 Å². The van der Waals surface area contributed by atoms with E-state index in [9.17, 15) is 0 Å². The second-order valence-electron chi connectivity index (χ2n) is 4.54. The zero-order valence-electron chi connectivity index (χ0n) is 10.6. The van der Waals surface area contributed by atoms with E-state index in [0.29, 0.717) is 5.92 Å². The first kappa shape index (κ1) is 11.9. The lowest BCUT2D eigenvalue weighted by molar-refractivity contribution is 0.712. The monoisotopic (exact) mass is 229 g/mol. The van der Waals surface area contributed by atoms with Crippen molar-refractivity contribution in [3.8, 4) is 0 Å². The predicted octanol–water partition coefficient (Wildman–Crippen LogP) is 2.59. The largest absolute Gasteiger partial charge is 0.316 e. The lowest BCUT2D eigenvalue weighted by Gasteiger charge is -2.09. The molecule has 0 aliphatic heterocycles. The summed E-state index contributed by atoms with van der Waals surface area (Å²) in [6, 6.07) is 6.04. The van der Waals surface area contributed by atoms with E-state index in [1.807, 2.05) is 35.8 Å². The summed E-state index contributed by atoms with van der Waals surface area (Å²) in [5.41, 5.74) is 3.39. The van der Waals surface area contributed by atoms with Gasteiger partial charge in [0.2, 0.25) is 0 Å². The van der Waals surface area contributed by atoms with E-state index >= 15 is 0 Å². The number of hydrogen-bond donors (Lipinski definition) is 1. The molecule has 0 amide bonds. The number of hydrogen-bond acceptors (Lipinski definition) is 2. The molecule has 3 heteroatoms. The van der Waals surface area contributed by atoms with E-state index in [0.717, 1.165) is 17.9 Å². The number of likely N-dealkylation sites (N-methyl/N-ethyl adjacent to an activating group) is 1. The number of fused-ring (bicyclic) bond motifs is 1. The van der Waals surface area contributed by atoms with Crippen molar-refractivity contribution < 1.29 is 0 Å². The first-order valence-corrected chi connectivity index (χ1v) is 5.99. The van der Waals surface area contributed by atoms with Gasteiger partial charge in [0, 0.05) is 18.9 Å². The summed E-state index contributed by atoms with van der Waals surface area (Å²) in [5.74, 6) is 0.535. The number of imidazole rings is 1. The Labute approximate surface area is 102 Å². The molecule has 0 spiro atoms. The fourth-order valence-electron chi connectivity index (χ4n) is 1.84. The van der Waals surface area contributed by atoms with Gasteiger partial charge in [0.1, 0.15) is 5.65 Å². The quantitative estimate of drug-likeness (QED) is 0.873. The standard InChI is InChI=1S/C14H19N3/c1-11(2)12(9-15-3)8-13-10-17-7-5-4-6-14(17)16-13/h4-8,10-11,15H,9H2,1-3H3. The van der Waals surface area contributed by atoms with Gasteiger partial charge in [0.05, 0.1) is 5.69 Å². The van der Waals surface area contributed by atoms with Crippen LogP contribution in [0.4, 0.5) is 0 Å². The van der Waals surface area contributed by atoms with Crippen molar-refractivity contribution in [2.75, 3.05) is 13.6 Å². The molecule has 17 heavy (non-hydrogen) atoms. The Kier molecular flexibility index (Phi) is 3.59. The van der Waals surface area contributed by atoms with E-state index < -0.39 is 0 Å². The third kappa shape index (κ3) is 2.74. The van der Waals surface area contributed by atoms with Gasteiger partial charge in [-0.25, -0.2) is 4.98 Å². The molecule has 0 aromatic carbocycles. The molecule has 1 N–H and O–H groups in total. The molecule has 2 rings (SSSR count). The molecule has 0 atom stereocenters. The van der Waals surface area contributed by atoms with Gasteiger partial charge in [-0.15, -0.1) is 0 Å². The second kappa shape index (κ2) is 5.15. The molecule has 0 radical (unpaired) electrons. The molecule has 0 aliphatic rings. The highest BCUT2D eigenvalue weighted by atomic mass is 15.0. The van der Waals surface area contributed by atoms with Crippen LogP contribution < -0.4 is 5.32 Å². The molecule has 0 aliphatic carbocycles. The summed E-state index contributed by atoms with van der Waals surface area (Å²) in [6.45, 7) is 5.32. The summed E-state index contributed by atoms with van der Waals surface area (Å²) in [7, 11) is 1.97. The number of rotatable bonds is 4. The Morgan fingerprint density at radius 2 is 2.29 bits per heavy atom. The van der Waals surface area contributed by atoms with Gasteiger partial charge in [-0.1, -0.05) is 25.5 Å². The van der Waals surface area contributed by atoms with Crippen LogP contribution in [-0.2, 0) is 0 Å². The van der Waals surface area contributed by atoms with Gasteiger partial charge in [0.25, 0.3) is 0 Å². The predicted molar refractivity (Wildman–Crippen MR) is 71.9 cm³/mol. The average molecular weight is 229 g/mol. The summed E-state index contributed by atoms with van der Waals surface area (Å²) in [4.78, 5) is 4.58. The maximum absolute atomic E-state index is 4.58. The molecule has 3 nitrogen and oxygen atoms in total. The number of aromatic nitrogens is 2. The zero-order chi connectivity index (χ0) is 12.3. The van der Waals surface area contributed by atoms with Gasteiger partial charge in [-0.05, 0) is 31.2 Å². The van der Waals surface area contributed by atoms with Crippen molar-refractivity contribution in [2.45, 2.75) is 13.8 Å². The van der Waals surface area contributed by atoms with Gasteiger partial charge < -0.3 is 9.72 Å². The van der Waals surface area contributed by atoms with Crippen molar-refractivity contribution in [1.29, 1.82) is 0 Å². The molecular formula is C14H19N3. The van der Waals surface area contributed by atoms with Crippen LogP contribution in [0.1, 0.15) is 19.5 Å². The topological polar surface area (TPSA) is 29.3 Å². The molecule has 2 aromatic rings. The van der Waals surface area contributed by atoms with Crippen molar-refractivity contribution >= 4 is 11.7 Å². The van der Waals surface area contributed by atoms with Gasteiger partial charge in [-0.3, -0.25) is 0 Å². The Hall–Kier alpha value is -1.61. The minimum Gasteiger partial charge on any atom is -0.316 e. The number of pyridine rings is 1. The van der Waals surface area contributed by atoms with Crippen molar-refractivity contribution in [2.24, 2.45) is 5.92 Å². The highest BCUT2D eigenvalue weighted by Gasteiger charge is 2.04. The van der Waals surface area contributed by atoms with Crippen LogP contribution in [0.5, 0.6) is 0 Å². The normalized spacial score (nSPS) is 12.6. The van der Waals surface area contributed by atoms with Crippen LogP contribution in [0.3, 0.4) is 0 Å². The number of nitrogens with zero attached hydrogens (tertiary/aromatic N) is 2. The molecule has 2 heterocycles. The molecular weight excluding hydrogens is 210 g/mol. The Morgan fingerprint density at radius 3 is 2.94 bits per heavy atom. The first-order valence-electron chi connectivity index (χ1n) is 5.99. The minimum absolute atomic E-state index is 0.535. The molecule has 0 saturated carbocycles. The highest BCUT2D eigenvalue weighted by molar-refractivity contribution is 5.54. The third-order valence-electron chi connectivity index (χ3n) is 2.84. The summed E-state index contributed by atoms with van der Waals surface area (Å²) >= 11 is 0. The molecule has 0 fully saturated rings. The Balaban J connectivity index is 2.35. The van der Waals surface area contributed by atoms with Crippen LogP contribution >= 0.6 is 0 Å². The highest BCUT2D eigenvalue weighted by Crippen LogP contribution is 2.14. The van der Waals surface area contributed by atoms with E-state index in [4.69, 9.17) is 0 Å². The summed E-state index contributed by atoms with van der Waals surface area (Å²) in [5, 5.41) is 3.20. The van der Waals surface area contributed by atoms with E-state index in [1.165, 1.54) is 5.57 Å². The smallest absolute Gasteiger partial charge is 0.137 e. The summed E-state index contributed by atoms with van der Waals surface area (Å²) < 4.78 is 2.04. The fourth-order valence-corrected chi connectivity index (χ4v) is 1.84. The van der Waals surface area contributed by atoms with Gasteiger partial charge >= 0.3 is 0 Å². The van der Waals surface area contributed by atoms with Crippen LogP contribution in [0.2, 0.25) is 0 Å². The van der Waals surface area contributed by atoms with Crippen molar-refractivity contribution in [3.63, 3.8) is 0 Å². The van der Waals surface area contributed by atoms with Crippen LogP contribution in [0, 0.1) is 5.92 Å². The van der Waals surface area contributed by atoms with E-state index in [-0.39, 0.29) is 0 Å². The van der Waals surface area contributed by atoms with Crippen molar-refractivity contribution in [3.05, 3.63) is 41.9 Å². The van der Waals surface area contributed by atoms with Gasteiger partial charge in [-0.2, -0.15) is 0 Å². The Morgan fingerprint density at radius 1 is 1.47 bits per heavy atom. The summed E-state index contributed by atoms with van der Waals surface area (Å²) in [6.07, 6.45) is 6.26. The first-order chi connectivity index (χ1) is 8.20. The SMILES string of the molecule is CNCC(=Cc1cn2ccccc2n1)C(C)C. The van der Waals surface area contributed by atoms with Gasteiger partial charge in [0.15, 0.2) is 0 Å². The van der Waals surface area contributed by atoms with Crippen LogP contribution in [0.25, 0.3) is 11.7 Å². The molecule has 0 saturated heterocycles.